The first-order valence-corrected chi connectivity index (χ1v) is 11.4. The second kappa shape index (κ2) is 11.8. The van der Waals surface area contributed by atoms with Crippen molar-refractivity contribution in [2.75, 3.05) is 31.5 Å². The van der Waals surface area contributed by atoms with Crippen LogP contribution in [0.25, 0.3) is 5.69 Å². The van der Waals surface area contributed by atoms with Crippen molar-refractivity contribution in [3.8, 4) is 5.69 Å². The number of hydrogen-bond acceptors (Lipinski definition) is 6. The van der Waals surface area contributed by atoms with Crippen LogP contribution in [-0.2, 0) is 6.42 Å². The molecule has 9 nitrogen and oxygen atoms in total. The van der Waals surface area contributed by atoms with E-state index in [1.54, 1.807) is 17.2 Å². The minimum Gasteiger partial charge on any atom is -0.328 e. The average molecular weight is 442 g/mol. The molecule has 1 atom stereocenters. The standard InChI is InChI=1S/C18H24N6O2.C5H11N/c1-13(19)12-14-2-4-15(5-3-14)24-9-6-16(22-18(24)26)21-17(25)23-10-7-20-8-11-23;6-5-3-1-2-4-5/h2-6,9,13,20H,7-8,10-12,19H2,1H3,(H,21,22,25,26);5H,1-4,6H2. The molecule has 4 rings (SSSR count). The summed E-state index contributed by atoms with van der Waals surface area (Å²) >= 11 is 0. The zero-order valence-corrected chi connectivity index (χ0v) is 18.8. The summed E-state index contributed by atoms with van der Waals surface area (Å²) in [5.74, 6) is 0.253. The Balaban J connectivity index is 0.000000416. The first kappa shape index (κ1) is 23.9. The molecule has 6 N–H and O–H groups in total. The van der Waals surface area contributed by atoms with E-state index >= 15 is 0 Å². The summed E-state index contributed by atoms with van der Waals surface area (Å²) in [7, 11) is 0. The van der Waals surface area contributed by atoms with Gasteiger partial charge in [0.2, 0.25) is 0 Å². The molecule has 0 bridgehead atoms. The number of piperazine rings is 1. The number of nitrogens with two attached hydrogens (primary N) is 2. The quantitative estimate of drug-likeness (QED) is 0.568. The second-order valence-electron chi connectivity index (χ2n) is 8.52. The number of nitrogens with one attached hydrogen (secondary N) is 2. The number of amides is 2. The molecule has 2 aromatic rings. The van der Waals surface area contributed by atoms with Crippen molar-refractivity contribution < 1.29 is 4.79 Å². The molecule has 1 aliphatic carbocycles. The van der Waals surface area contributed by atoms with Gasteiger partial charge in [0.25, 0.3) is 0 Å². The summed E-state index contributed by atoms with van der Waals surface area (Å²) in [5, 5.41) is 5.87. The molecule has 1 aliphatic heterocycles. The summed E-state index contributed by atoms with van der Waals surface area (Å²) in [6.07, 6.45) is 7.65. The van der Waals surface area contributed by atoms with Crippen LogP contribution in [0.5, 0.6) is 0 Å². The first-order valence-electron chi connectivity index (χ1n) is 11.4. The Labute approximate surface area is 189 Å². The second-order valence-corrected chi connectivity index (χ2v) is 8.52. The summed E-state index contributed by atoms with van der Waals surface area (Å²) in [6.45, 7) is 4.76. The van der Waals surface area contributed by atoms with Gasteiger partial charge in [0.1, 0.15) is 5.82 Å². The smallest absolute Gasteiger partial charge is 0.328 e. The third-order valence-corrected chi connectivity index (χ3v) is 5.61. The van der Waals surface area contributed by atoms with Gasteiger partial charge >= 0.3 is 11.7 Å². The SMILES string of the molecule is CC(N)Cc1ccc(-n2ccc(NC(=O)N3CCNCC3)nc2=O)cc1.NC1CCCC1. The van der Waals surface area contributed by atoms with Gasteiger partial charge in [-0.1, -0.05) is 25.0 Å². The molecule has 2 heterocycles. The largest absolute Gasteiger partial charge is 0.354 e. The topological polar surface area (TPSA) is 131 Å². The zero-order valence-electron chi connectivity index (χ0n) is 18.8. The van der Waals surface area contributed by atoms with E-state index in [0.29, 0.717) is 19.1 Å². The maximum Gasteiger partial charge on any atom is 0.354 e. The van der Waals surface area contributed by atoms with Gasteiger partial charge in [-0.25, -0.2) is 9.59 Å². The molecule has 1 saturated heterocycles. The molecular formula is C23H35N7O2. The predicted molar refractivity (Wildman–Crippen MR) is 127 cm³/mol. The van der Waals surface area contributed by atoms with Crippen LogP contribution >= 0.6 is 0 Å². The van der Waals surface area contributed by atoms with Gasteiger partial charge in [-0.15, -0.1) is 0 Å². The lowest BCUT2D eigenvalue weighted by molar-refractivity contribution is 0.204. The molecular weight excluding hydrogens is 406 g/mol. The minimum absolute atomic E-state index is 0.0869. The van der Waals surface area contributed by atoms with Gasteiger partial charge in [-0.2, -0.15) is 4.98 Å². The van der Waals surface area contributed by atoms with Gasteiger partial charge in [0.15, 0.2) is 0 Å². The summed E-state index contributed by atoms with van der Waals surface area (Å²) in [6, 6.07) is 9.64. The van der Waals surface area contributed by atoms with Crippen molar-refractivity contribution in [2.45, 2.75) is 51.1 Å². The number of hydrogen-bond donors (Lipinski definition) is 4. The van der Waals surface area contributed by atoms with Crippen LogP contribution in [0.15, 0.2) is 41.3 Å². The molecule has 32 heavy (non-hydrogen) atoms. The Kier molecular flexibility index (Phi) is 8.78. The Morgan fingerprint density at radius 2 is 1.84 bits per heavy atom. The van der Waals surface area contributed by atoms with Crippen molar-refractivity contribution >= 4 is 11.8 Å². The fourth-order valence-electron chi connectivity index (χ4n) is 3.85. The van der Waals surface area contributed by atoms with Gasteiger partial charge < -0.3 is 21.7 Å². The number of rotatable bonds is 4. The van der Waals surface area contributed by atoms with E-state index in [-0.39, 0.29) is 17.9 Å². The summed E-state index contributed by atoms with van der Waals surface area (Å²) < 4.78 is 1.44. The highest BCUT2D eigenvalue weighted by atomic mass is 16.2. The van der Waals surface area contributed by atoms with Gasteiger partial charge in [0.05, 0.1) is 5.69 Å². The van der Waals surface area contributed by atoms with Gasteiger partial charge in [-0.3, -0.25) is 9.88 Å². The third-order valence-electron chi connectivity index (χ3n) is 5.61. The van der Waals surface area contributed by atoms with Crippen molar-refractivity contribution in [2.24, 2.45) is 11.5 Å². The highest BCUT2D eigenvalue weighted by molar-refractivity contribution is 5.88. The Hall–Kier alpha value is -2.75. The lowest BCUT2D eigenvalue weighted by Crippen LogP contribution is -2.48. The highest BCUT2D eigenvalue weighted by Gasteiger charge is 2.16. The summed E-state index contributed by atoms with van der Waals surface area (Å²) in [5.41, 5.74) is 12.7. The number of carbonyl (C=O) groups excluding carboxylic acids is 1. The van der Waals surface area contributed by atoms with Crippen LogP contribution in [0.3, 0.4) is 0 Å². The number of nitrogens with zero attached hydrogens (tertiary/aromatic N) is 3. The zero-order chi connectivity index (χ0) is 22.9. The maximum atomic E-state index is 12.3. The van der Waals surface area contributed by atoms with Crippen LogP contribution in [0.1, 0.15) is 38.2 Å². The maximum absolute atomic E-state index is 12.3. The van der Waals surface area contributed by atoms with E-state index in [1.807, 2.05) is 31.2 Å². The van der Waals surface area contributed by atoms with E-state index in [2.05, 4.69) is 15.6 Å². The van der Waals surface area contributed by atoms with Crippen molar-refractivity contribution in [3.05, 3.63) is 52.6 Å². The molecule has 2 aliphatic rings. The molecule has 1 saturated carbocycles. The van der Waals surface area contributed by atoms with E-state index in [9.17, 15) is 9.59 Å². The van der Waals surface area contributed by atoms with E-state index < -0.39 is 5.69 Å². The lowest BCUT2D eigenvalue weighted by atomic mass is 10.1. The lowest BCUT2D eigenvalue weighted by Gasteiger charge is -2.27. The van der Waals surface area contributed by atoms with E-state index in [4.69, 9.17) is 11.5 Å². The molecule has 1 unspecified atom stereocenters. The first-order chi connectivity index (χ1) is 15.4. The number of anilines is 1. The van der Waals surface area contributed by atoms with E-state index in [0.717, 1.165) is 30.8 Å². The molecule has 2 fully saturated rings. The van der Waals surface area contributed by atoms with Gasteiger partial charge in [0, 0.05) is 44.5 Å². The Bertz CT molecular complexity index is 915. The fraction of sp³-hybridized carbons (Fsp3) is 0.522. The molecule has 0 radical (unpaired) electrons. The van der Waals surface area contributed by atoms with Crippen molar-refractivity contribution in [1.82, 2.24) is 19.8 Å². The van der Waals surface area contributed by atoms with Crippen LogP contribution in [-0.4, -0.2) is 58.7 Å². The van der Waals surface area contributed by atoms with Crippen LogP contribution in [0, 0.1) is 0 Å². The minimum atomic E-state index is -0.442. The Morgan fingerprint density at radius 3 is 2.38 bits per heavy atom. The van der Waals surface area contributed by atoms with Crippen LogP contribution in [0.4, 0.5) is 10.6 Å². The molecule has 9 heteroatoms. The van der Waals surface area contributed by atoms with Crippen molar-refractivity contribution in [1.29, 1.82) is 0 Å². The molecule has 2 amide bonds. The number of urea groups is 1. The number of aromatic nitrogens is 2. The van der Waals surface area contributed by atoms with Crippen molar-refractivity contribution in [3.63, 3.8) is 0 Å². The highest BCUT2D eigenvalue weighted by Crippen LogP contribution is 2.14. The molecule has 174 valence electrons. The van der Waals surface area contributed by atoms with Crippen LogP contribution in [0.2, 0.25) is 0 Å². The predicted octanol–water partition coefficient (Wildman–Crippen LogP) is 1.45. The van der Waals surface area contributed by atoms with Crippen LogP contribution < -0.4 is 27.8 Å². The molecule has 1 aromatic carbocycles. The fourth-order valence-corrected chi connectivity index (χ4v) is 3.85. The number of carbonyl (C=O) groups is 1. The number of benzene rings is 1. The van der Waals surface area contributed by atoms with E-state index in [1.165, 1.54) is 30.3 Å². The van der Waals surface area contributed by atoms with Gasteiger partial charge in [-0.05, 0) is 49.9 Å². The molecule has 1 aromatic heterocycles. The Morgan fingerprint density at radius 1 is 1.19 bits per heavy atom. The third kappa shape index (κ3) is 7.15. The molecule has 0 spiro atoms. The monoisotopic (exact) mass is 441 g/mol. The summed E-state index contributed by atoms with van der Waals surface area (Å²) in [4.78, 5) is 30.2. The normalized spacial score (nSPS) is 17.4. The average Bonchev–Trinajstić information content (AvgIpc) is 3.26.